The average Bonchev–Trinajstić information content (AvgIpc) is 2.46. The van der Waals surface area contributed by atoms with Crippen LogP contribution in [0.3, 0.4) is 0 Å². The second-order valence-electron chi connectivity index (χ2n) is 4.56. The number of halogens is 1. The summed E-state index contributed by atoms with van der Waals surface area (Å²) >= 11 is 5.82. The first kappa shape index (κ1) is 15.2. The fourth-order valence-corrected chi connectivity index (χ4v) is 1.97. The van der Waals surface area contributed by atoms with E-state index >= 15 is 0 Å². The van der Waals surface area contributed by atoms with Crippen LogP contribution in [0.1, 0.15) is 23.7 Å². The van der Waals surface area contributed by atoms with Crippen molar-refractivity contribution in [3.05, 3.63) is 53.1 Å². The average molecular weight is 305 g/mol. The highest BCUT2D eigenvalue weighted by Crippen LogP contribution is 2.20. The maximum atomic E-state index is 12.1. The summed E-state index contributed by atoms with van der Waals surface area (Å²) in [5.74, 6) is 0.507. The number of amides is 1. The van der Waals surface area contributed by atoms with Crippen molar-refractivity contribution in [2.24, 2.45) is 0 Å². The van der Waals surface area contributed by atoms with Crippen molar-refractivity contribution in [3.63, 3.8) is 0 Å². The standard InChI is InChI=1S/C16H17ClN2O2/c1-2-9-21-13-6-4-12(5-7-13)19-16(20)14-8-3-11(17)10-15(14)18/h3-8,10H,2,9,18H2,1H3,(H,19,20). The van der Waals surface area contributed by atoms with E-state index in [4.69, 9.17) is 22.1 Å². The molecule has 0 aromatic heterocycles. The zero-order valence-electron chi connectivity index (χ0n) is 11.7. The Balaban J connectivity index is 2.05. The highest BCUT2D eigenvalue weighted by Gasteiger charge is 2.10. The van der Waals surface area contributed by atoms with Gasteiger partial charge in [-0.15, -0.1) is 0 Å². The van der Waals surface area contributed by atoms with E-state index in [2.05, 4.69) is 5.32 Å². The molecule has 0 radical (unpaired) electrons. The highest BCUT2D eigenvalue weighted by molar-refractivity contribution is 6.31. The molecule has 0 aliphatic heterocycles. The number of ether oxygens (including phenoxy) is 1. The van der Waals surface area contributed by atoms with Crippen molar-refractivity contribution in [3.8, 4) is 5.75 Å². The third-order valence-corrected chi connectivity index (χ3v) is 3.08. The first-order valence-corrected chi connectivity index (χ1v) is 7.07. The quantitative estimate of drug-likeness (QED) is 0.822. The Kier molecular flexibility index (Phi) is 5.06. The van der Waals surface area contributed by atoms with Gasteiger partial charge in [0.2, 0.25) is 0 Å². The molecule has 110 valence electrons. The predicted octanol–water partition coefficient (Wildman–Crippen LogP) is 3.96. The molecule has 0 saturated carbocycles. The summed E-state index contributed by atoms with van der Waals surface area (Å²) in [6, 6.07) is 12.0. The van der Waals surface area contributed by atoms with Gasteiger partial charge in [-0.2, -0.15) is 0 Å². The fourth-order valence-electron chi connectivity index (χ4n) is 1.79. The van der Waals surface area contributed by atoms with E-state index in [0.29, 0.717) is 28.6 Å². The maximum Gasteiger partial charge on any atom is 0.257 e. The molecule has 0 spiro atoms. The molecule has 1 amide bonds. The van der Waals surface area contributed by atoms with Crippen LogP contribution in [0.2, 0.25) is 5.02 Å². The van der Waals surface area contributed by atoms with Crippen LogP contribution in [0.15, 0.2) is 42.5 Å². The molecule has 2 aromatic rings. The van der Waals surface area contributed by atoms with E-state index in [9.17, 15) is 4.79 Å². The minimum atomic E-state index is -0.272. The first-order valence-electron chi connectivity index (χ1n) is 6.69. The number of hydrogen-bond donors (Lipinski definition) is 2. The summed E-state index contributed by atoms with van der Waals surface area (Å²) in [5, 5.41) is 3.29. The van der Waals surface area contributed by atoms with Crippen LogP contribution in [0.4, 0.5) is 11.4 Å². The first-order chi connectivity index (χ1) is 10.1. The lowest BCUT2D eigenvalue weighted by Crippen LogP contribution is -2.13. The van der Waals surface area contributed by atoms with E-state index < -0.39 is 0 Å². The topological polar surface area (TPSA) is 64.3 Å². The van der Waals surface area contributed by atoms with Crippen LogP contribution < -0.4 is 15.8 Å². The third kappa shape index (κ3) is 4.13. The zero-order chi connectivity index (χ0) is 15.2. The van der Waals surface area contributed by atoms with Gasteiger partial charge in [0, 0.05) is 16.4 Å². The molecular formula is C16H17ClN2O2. The molecule has 2 aromatic carbocycles. The molecule has 4 nitrogen and oxygen atoms in total. The molecule has 0 aliphatic rings. The van der Waals surface area contributed by atoms with E-state index in [1.54, 1.807) is 30.3 Å². The van der Waals surface area contributed by atoms with Crippen LogP contribution in [0.25, 0.3) is 0 Å². The van der Waals surface area contributed by atoms with E-state index in [1.807, 2.05) is 19.1 Å². The Labute approximate surface area is 128 Å². The molecule has 0 fully saturated rings. The van der Waals surface area contributed by atoms with E-state index in [1.165, 1.54) is 0 Å². The number of hydrogen-bond acceptors (Lipinski definition) is 3. The maximum absolute atomic E-state index is 12.1. The Morgan fingerprint density at radius 1 is 1.24 bits per heavy atom. The number of benzene rings is 2. The van der Waals surface area contributed by atoms with Crippen LogP contribution >= 0.6 is 11.6 Å². The lowest BCUT2D eigenvalue weighted by Gasteiger charge is -2.09. The van der Waals surface area contributed by atoms with Crippen LogP contribution in [0, 0.1) is 0 Å². The number of nitrogens with one attached hydrogen (secondary N) is 1. The zero-order valence-corrected chi connectivity index (χ0v) is 12.5. The fraction of sp³-hybridized carbons (Fsp3) is 0.188. The summed E-state index contributed by atoms with van der Waals surface area (Å²) in [6.07, 6.45) is 0.953. The molecule has 21 heavy (non-hydrogen) atoms. The highest BCUT2D eigenvalue weighted by atomic mass is 35.5. The monoisotopic (exact) mass is 304 g/mol. The molecule has 0 atom stereocenters. The van der Waals surface area contributed by atoms with Gasteiger partial charge < -0.3 is 15.8 Å². The third-order valence-electron chi connectivity index (χ3n) is 2.84. The van der Waals surface area contributed by atoms with Crippen molar-refractivity contribution in [1.82, 2.24) is 0 Å². The van der Waals surface area contributed by atoms with Gasteiger partial charge in [0.25, 0.3) is 5.91 Å². The van der Waals surface area contributed by atoms with Gasteiger partial charge in [-0.25, -0.2) is 0 Å². The molecular weight excluding hydrogens is 288 g/mol. The summed E-state index contributed by atoms with van der Waals surface area (Å²) < 4.78 is 5.48. The van der Waals surface area contributed by atoms with Gasteiger partial charge in [-0.05, 0) is 48.9 Å². The van der Waals surface area contributed by atoms with Gasteiger partial charge in [-0.1, -0.05) is 18.5 Å². The number of carbonyl (C=O) groups excluding carboxylic acids is 1. The SMILES string of the molecule is CCCOc1ccc(NC(=O)c2ccc(Cl)cc2N)cc1. The number of nitrogens with two attached hydrogens (primary N) is 1. The molecule has 0 bridgehead atoms. The summed E-state index contributed by atoms with van der Waals surface area (Å²) in [6.45, 7) is 2.72. The molecule has 2 rings (SSSR count). The molecule has 0 aliphatic carbocycles. The normalized spacial score (nSPS) is 10.2. The second kappa shape index (κ2) is 6.99. The Hall–Kier alpha value is -2.20. The second-order valence-corrected chi connectivity index (χ2v) is 4.99. The molecule has 0 saturated heterocycles. The van der Waals surface area contributed by atoms with Crippen molar-refractivity contribution in [2.75, 3.05) is 17.7 Å². The van der Waals surface area contributed by atoms with Gasteiger partial charge in [0.05, 0.1) is 12.2 Å². The summed E-state index contributed by atoms with van der Waals surface area (Å²) in [7, 11) is 0. The number of carbonyl (C=O) groups is 1. The lowest BCUT2D eigenvalue weighted by atomic mass is 10.1. The largest absolute Gasteiger partial charge is 0.494 e. The van der Waals surface area contributed by atoms with Gasteiger partial charge in [0.15, 0.2) is 0 Å². The molecule has 3 N–H and O–H groups in total. The van der Waals surface area contributed by atoms with Crippen molar-refractivity contribution in [2.45, 2.75) is 13.3 Å². The van der Waals surface area contributed by atoms with Crippen LogP contribution in [0.5, 0.6) is 5.75 Å². The van der Waals surface area contributed by atoms with Crippen molar-refractivity contribution in [1.29, 1.82) is 0 Å². The molecule has 5 heteroatoms. The Morgan fingerprint density at radius 3 is 2.57 bits per heavy atom. The van der Waals surface area contributed by atoms with Gasteiger partial charge in [0.1, 0.15) is 5.75 Å². The van der Waals surface area contributed by atoms with Crippen LogP contribution in [-0.4, -0.2) is 12.5 Å². The Bertz CT molecular complexity index is 627. The smallest absolute Gasteiger partial charge is 0.257 e. The molecule has 0 heterocycles. The molecule has 0 unspecified atom stereocenters. The van der Waals surface area contributed by atoms with Crippen molar-refractivity contribution >= 4 is 28.9 Å². The summed E-state index contributed by atoms with van der Waals surface area (Å²) in [4.78, 5) is 12.1. The van der Waals surface area contributed by atoms with Crippen LogP contribution in [-0.2, 0) is 0 Å². The van der Waals surface area contributed by atoms with E-state index in [-0.39, 0.29) is 5.91 Å². The minimum absolute atomic E-state index is 0.272. The predicted molar refractivity (Wildman–Crippen MR) is 86.0 cm³/mol. The van der Waals surface area contributed by atoms with Gasteiger partial charge in [-0.3, -0.25) is 4.79 Å². The van der Waals surface area contributed by atoms with E-state index in [0.717, 1.165) is 12.2 Å². The Morgan fingerprint density at radius 2 is 1.95 bits per heavy atom. The van der Waals surface area contributed by atoms with Crippen molar-refractivity contribution < 1.29 is 9.53 Å². The number of rotatable bonds is 5. The lowest BCUT2D eigenvalue weighted by molar-refractivity contribution is 0.102. The minimum Gasteiger partial charge on any atom is -0.494 e. The number of anilines is 2. The summed E-state index contributed by atoms with van der Waals surface area (Å²) in [5.41, 5.74) is 7.21. The van der Waals surface area contributed by atoms with Gasteiger partial charge >= 0.3 is 0 Å². The number of nitrogen functional groups attached to an aromatic ring is 1.